The maximum atomic E-state index is 11.6. The van der Waals surface area contributed by atoms with Gasteiger partial charge >= 0.3 is 0 Å². The zero-order chi connectivity index (χ0) is 18.5. The number of carbonyl (C=O) groups is 2. The molecule has 0 spiro atoms. The SMILES string of the molecule is CCC(=O)CC(=O)CCCCCC(CC)Oc1ccccc1OCCl. The molecule has 1 aromatic rings. The monoisotopic (exact) mass is 368 g/mol. The molecule has 0 saturated heterocycles. The molecule has 0 saturated carbocycles. The molecule has 0 aliphatic carbocycles. The minimum Gasteiger partial charge on any atom is -0.487 e. The van der Waals surface area contributed by atoms with E-state index < -0.39 is 0 Å². The molecule has 0 aliphatic heterocycles. The van der Waals surface area contributed by atoms with Crippen LogP contribution >= 0.6 is 11.6 Å². The topological polar surface area (TPSA) is 52.6 Å². The number of alkyl halides is 1. The summed E-state index contributed by atoms with van der Waals surface area (Å²) in [6.45, 7) is 3.88. The number of unbranched alkanes of at least 4 members (excludes halogenated alkanes) is 2. The fraction of sp³-hybridized carbons (Fsp3) is 0.600. The van der Waals surface area contributed by atoms with Crippen LogP contribution < -0.4 is 9.47 Å². The summed E-state index contributed by atoms with van der Waals surface area (Å²) in [6.07, 6.45) is 5.75. The molecule has 4 nitrogen and oxygen atoms in total. The Morgan fingerprint density at radius 1 is 1.04 bits per heavy atom. The molecule has 1 aromatic carbocycles. The van der Waals surface area contributed by atoms with Gasteiger partial charge in [0.05, 0.1) is 12.5 Å². The third-order valence-electron chi connectivity index (χ3n) is 4.08. The molecule has 5 heteroatoms. The fourth-order valence-corrected chi connectivity index (χ4v) is 2.67. The van der Waals surface area contributed by atoms with Crippen molar-refractivity contribution >= 4 is 23.2 Å². The van der Waals surface area contributed by atoms with Gasteiger partial charge in [0.15, 0.2) is 17.6 Å². The molecule has 0 amide bonds. The molecule has 0 N–H and O–H groups in total. The van der Waals surface area contributed by atoms with E-state index in [4.69, 9.17) is 21.1 Å². The molecule has 0 fully saturated rings. The highest BCUT2D eigenvalue weighted by molar-refractivity contribution is 6.17. The fourth-order valence-electron chi connectivity index (χ4n) is 2.56. The summed E-state index contributed by atoms with van der Waals surface area (Å²) in [4.78, 5) is 22.9. The van der Waals surface area contributed by atoms with Crippen molar-refractivity contribution < 1.29 is 19.1 Å². The lowest BCUT2D eigenvalue weighted by molar-refractivity contribution is -0.126. The molecule has 1 rings (SSSR count). The van der Waals surface area contributed by atoms with E-state index in [1.807, 2.05) is 24.3 Å². The first-order valence-corrected chi connectivity index (χ1v) is 9.61. The number of Topliss-reactive ketones (excluding diaryl/α,β-unsaturated/α-hetero) is 2. The third kappa shape index (κ3) is 8.92. The van der Waals surface area contributed by atoms with E-state index in [1.54, 1.807) is 6.92 Å². The lowest BCUT2D eigenvalue weighted by atomic mass is 10.0. The van der Waals surface area contributed by atoms with Gasteiger partial charge in [-0.25, -0.2) is 0 Å². The van der Waals surface area contributed by atoms with E-state index in [1.165, 1.54) is 0 Å². The van der Waals surface area contributed by atoms with Crippen molar-refractivity contribution in [1.29, 1.82) is 0 Å². The Labute approximate surface area is 155 Å². The van der Waals surface area contributed by atoms with Gasteiger partial charge in [-0.05, 0) is 37.8 Å². The summed E-state index contributed by atoms with van der Waals surface area (Å²) in [5.41, 5.74) is 0. The summed E-state index contributed by atoms with van der Waals surface area (Å²) >= 11 is 5.64. The van der Waals surface area contributed by atoms with E-state index in [0.29, 0.717) is 24.3 Å². The van der Waals surface area contributed by atoms with Gasteiger partial charge in [0.1, 0.15) is 11.6 Å². The number of para-hydroxylation sites is 2. The van der Waals surface area contributed by atoms with Crippen LogP contribution in [0.25, 0.3) is 0 Å². The van der Waals surface area contributed by atoms with Gasteiger partial charge in [-0.1, -0.05) is 44.0 Å². The largest absolute Gasteiger partial charge is 0.487 e. The highest BCUT2D eigenvalue weighted by Crippen LogP contribution is 2.29. The van der Waals surface area contributed by atoms with E-state index in [2.05, 4.69) is 6.92 Å². The number of halogens is 1. The standard InChI is InChI=1S/C20H29ClO4/c1-3-16(22)14-17(23)10-6-5-7-11-18(4-2)25-20-13-9-8-12-19(20)24-15-21/h8-9,12-13,18H,3-7,10-11,14-15H2,1-2H3. The maximum Gasteiger partial charge on any atom is 0.163 e. The van der Waals surface area contributed by atoms with Crippen molar-refractivity contribution in [2.75, 3.05) is 6.07 Å². The first-order valence-electron chi connectivity index (χ1n) is 9.08. The zero-order valence-corrected chi connectivity index (χ0v) is 16.0. The van der Waals surface area contributed by atoms with Gasteiger partial charge in [0.2, 0.25) is 0 Å². The zero-order valence-electron chi connectivity index (χ0n) is 15.3. The second kappa shape index (κ2) is 12.8. The van der Waals surface area contributed by atoms with Crippen LogP contribution in [0.5, 0.6) is 11.5 Å². The third-order valence-corrected chi connectivity index (χ3v) is 4.19. The van der Waals surface area contributed by atoms with E-state index in [0.717, 1.165) is 32.1 Å². The minimum absolute atomic E-state index is 0.0299. The van der Waals surface area contributed by atoms with E-state index >= 15 is 0 Å². The summed E-state index contributed by atoms with van der Waals surface area (Å²) in [6, 6.07) is 7.61. The van der Waals surface area contributed by atoms with Crippen molar-refractivity contribution in [3.63, 3.8) is 0 Å². The van der Waals surface area contributed by atoms with Gasteiger partial charge in [-0.2, -0.15) is 0 Å². The molecule has 140 valence electrons. The van der Waals surface area contributed by atoms with Crippen LogP contribution in [0.1, 0.15) is 65.2 Å². The van der Waals surface area contributed by atoms with Crippen molar-refractivity contribution in [2.24, 2.45) is 0 Å². The predicted molar refractivity (Wildman–Crippen MR) is 101 cm³/mol. The first-order chi connectivity index (χ1) is 12.1. The second-order valence-corrected chi connectivity index (χ2v) is 6.27. The van der Waals surface area contributed by atoms with Gasteiger partial charge < -0.3 is 9.47 Å². The molecule has 0 aromatic heterocycles. The molecule has 1 atom stereocenters. The van der Waals surface area contributed by atoms with Crippen LogP contribution in [0.4, 0.5) is 0 Å². The Morgan fingerprint density at radius 2 is 1.76 bits per heavy atom. The Balaban J connectivity index is 2.31. The quantitative estimate of drug-likeness (QED) is 0.254. The maximum absolute atomic E-state index is 11.6. The van der Waals surface area contributed by atoms with Crippen molar-refractivity contribution in [1.82, 2.24) is 0 Å². The number of hydrogen-bond donors (Lipinski definition) is 0. The molecule has 0 bridgehead atoms. The minimum atomic E-state index is 0.0299. The normalized spacial score (nSPS) is 11.8. The summed E-state index contributed by atoms with van der Waals surface area (Å²) in [5.74, 6) is 1.45. The lowest BCUT2D eigenvalue weighted by Gasteiger charge is -2.19. The molecule has 0 heterocycles. The van der Waals surface area contributed by atoms with Crippen molar-refractivity contribution in [3.05, 3.63) is 24.3 Å². The van der Waals surface area contributed by atoms with Crippen molar-refractivity contribution in [2.45, 2.75) is 71.3 Å². The lowest BCUT2D eigenvalue weighted by Crippen LogP contribution is -2.16. The highest BCUT2D eigenvalue weighted by Gasteiger charge is 2.12. The number of ketones is 2. The number of hydrogen-bond acceptors (Lipinski definition) is 4. The molecule has 25 heavy (non-hydrogen) atoms. The van der Waals surface area contributed by atoms with Crippen LogP contribution in [0, 0.1) is 0 Å². The first kappa shape index (κ1) is 21.5. The molecule has 0 radical (unpaired) electrons. The summed E-state index contributed by atoms with van der Waals surface area (Å²) in [7, 11) is 0. The van der Waals surface area contributed by atoms with Gasteiger partial charge in [-0.3, -0.25) is 9.59 Å². The Hall–Kier alpha value is -1.55. The number of carbonyl (C=O) groups excluding carboxylic acids is 2. The average Bonchev–Trinajstić information content (AvgIpc) is 2.61. The van der Waals surface area contributed by atoms with Crippen LogP contribution in [-0.2, 0) is 9.59 Å². The molecule has 0 aliphatic rings. The predicted octanol–water partition coefficient (Wildman–Crippen LogP) is 5.31. The Kier molecular flexibility index (Phi) is 11.0. The van der Waals surface area contributed by atoms with Crippen LogP contribution in [0.3, 0.4) is 0 Å². The van der Waals surface area contributed by atoms with Gasteiger partial charge in [0, 0.05) is 12.8 Å². The number of rotatable bonds is 14. The second-order valence-electron chi connectivity index (χ2n) is 6.06. The summed E-state index contributed by atoms with van der Waals surface area (Å²) < 4.78 is 11.4. The van der Waals surface area contributed by atoms with Crippen LogP contribution in [0.2, 0.25) is 0 Å². The Morgan fingerprint density at radius 3 is 2.40 bits per heavy atom. The van der Waals surface area contributed by atoms with Crippen LogP contribution in [0.15, 0.2) is 24.3 Å². The molecular weight excluding hydrogens is 340 g/mol. The number of ether oxygens (including phenoxy) is 2. The van der Waals surface area contributed by atoms with Crippen LogP contribution in [-0.4, -0.2) is 23.7 Å². The van der Waals surface area contributed by atoms with E-state index in [-0.39, 0.29) is 30.2 Å². The van der Waals surface area contributed by atoms with Gasteiger partial charge in [0.25, 0.3) is 0 Å². The van der Waals surface area contributed by atoms with Crippen molar-refractivity contribution in [3.8, 4) is 11.5 Å². The van der Waals surface area contributed by atoms with E-state index in [9.17, 15) is 9.59 Å². The highest BCUT2D eigenvalue weighted by atomic mass is 35.5. The summed E-state index contributed by atoms with van der Waals surface area (Å²) in [5, 5.41) is 0. The Bertz CT molecular complexity index is 530. The molecule has 1 unspecified atom stereocenters. The number of benzene rings is 1. The van der Waals surface area contributed by atoms with Gasteiger partial charge in [-0.15, -0.1) is 0 Å². The average molecular weight is 369 g/mol. The molecular formula is C20H29ClO4. The smallest absolute Gasteiger partial charge is 0.163 e.